The van der Waals surface area contributed by atoms with Gasteiger partial charge in [-0.1, -0.05) is 6.07 Å². The molecule has 4 atom stereocenters. The fourth-order valence-corrected chi connectivity index (χ4v) is 2.77. The molecule has 1 heterocycles. The van der Waals surface area contributed by atoms with Crippen LogP contribution < -0.4 is 10.2 Å². The van der Waals surface area contributed by atoms with Crippen molar-refractivity contribution in [1.82, 2.24) is 0 Å². The van der Waals surface area contributed by atoms with E-state index < -0.39 is 0 Å². The van der Waals surface area contributed by atoms with Crippen molar-refractivity contribution in [3.05, 3.63) is 29.6 Å². The van der Waals surface area contributed by atoms with Crippen LogP contribution in [-0.2, 0) is 9.53 Å². The van der Waals surface area contributed by atoms with Crippen molar-refractivity contribution < 1.29 is 18.8 Å². The minimum absolute atomic E-state index is 0.0884. The average Bonchev–Trinajstić information content (AvgIpc) is 2.41. The van der Waals surface area contributed by atoms with Crippen molar-refractivity contribution in [1.29, 1.82) is 0 Å². The molecule has 21 heavy (non-hydrogen) atoms. The summed E-state index contributed by atoms with van der Waals surface area (Å²) < 4.78 is 19.2. The highest BCUT2D eigenvalue weighted by Gasteiger charge is 2.32. The van der Waals surface area contributed by atoms with Gasteiger partial charge in [-0.2, -0.15) is 0 Å². The van der Waals surface area contributed by atoms with E-state index in [9.17, 15) is 9.18 Å². The first-order valence-electron chi connectivity index (χ1n) is 7.44. The lowest BCUT2D eigenvalue weighted by atomic mass is 10.1. The first-order chi connectivity index (χ1) is 9.86. The number of rotatable bonds is 3. The summed E-state index contributed by atoms with van der Waals surface area (Å²) in [5.74, 6) is -0.393. The predicted molar refractivity (Wildman–Crippen MR) is 79.9 cm³/mol. The minimum atomic E-state index is -0.304. The number of carbonyl (C=O) groups is 1. The van der Waals surface area contributed by atoms with E-state index in [0.29, 0.717) is 11.3 Å². The molecule has 0 aliphatic carbocycles. The average molecular weight is 295 g/mol. The van der Waals surface area contributed by atoms with E-state index in [1.165, 1.54) is 11.0 Å². The molecular formula is C16H24FN2O2+. The molecule has 0 saturated carbocycles. The molecule has 2 rings (SSSR count). The number of benzene rings is 1. The molecule has 0 spiro atoms. The molecule has 2 N–H and O–H groups in total. The molecule has 1 aromatic carbocycles. The second kappa shape index (κ2) is 6.54. The highest BCUT2D eigenvalue weighted by Crippen LogP contribution is 2.13. The molecule has 1 unspecified atom stereocenters. The number of ether oxygens (including phenoxy) is 1. The Kier molecular flexibility index (Phi) is 4.96. The molecule has 1 aliphatic rings. The van der Waals surface area contributed by atoms with Crippen molar-refractivity contribution in [2.75, 3.05) is 18.4 Å². The zero-order valence-electron chi connectivity index (χ0n) is 13.1. The summed E-state index contributed by atoms with van der Waals surface area (Å²) >= 11 is 0. The van der Waals surface area contributed by atoms with Crippen molar-refractivity contribution in [3.8, 4) is 0 Å². The number of hydrogen-bond donors (Lipinski definition) is 2. The normalized spacial score (nSPS) is 27.2. The molecule has 0 bridgehead atoms. The molecule has 1 amide bonds. The third-order valence-corrected chi connectivity index (χ3v) is 4.01. The van der Waals surface area contributed by atoms with Crippen molar-refractivity contribution in [2.45, 2.75) is 45.9 Å². The lowest BCUT2D eigenvalue weighted by Crippen LogP contribution is -3.19. The Morgan fingerprint density at radius 1 is 1.38 bits per heavy atom. The summed E-state index contributed by atoms with van der Waals surface area (Å²) in [6.45, 7) is 9.26. The maximum atomic E-state index is 13.5. The molecule has 1 aliphatic heterocycles. The molecule has 116 valence electrons. The second-order valence-electron chi connectivity index (χ2n) is 6.00. The zero-order chi connectivity index (χ0) is 15.6. The zero-order valence-corrected chi connectivity index (χ0v) is 13.1. The molecular weight excluding hydrogens is 271 g/mol. The first kappa shape index (κ1) is 15.9. The Bertz CT molecular complexity index is 511. The van der Waals surface area contributed by atoms with E-state index in [1.54, 1.807) is 19.1 Å². The third kappa shape index (κ3) is 4.02. The van der Waals surface area contributed by atoms with Crippen LogP contribution in [0.4, 0.5) is 10.1 Å². The Morgan fingerprint density at radius 2 is 2.00 bits per heavy atom. The van der Waals surface area contributed by atoms with Gasteiger partial charge in [0.15, 0.2) is 6.04 Å². The van der Waals surface area contributed by atoms with Gasteiger partial charge in [0, 0.05) is 5.69 Å². The number of carbonyl (C=O) groups excluding carboxylic acids is 1. The van der Waals surface area contributed by atoms with E-state index in [0.717, 1.165) is 13.1 Å². The van der Waals surface area contributed by atoms with Crippen LogP contribution >= 0.6 is 0 Å². The van der Waals surface area contributed by atoms with Crippen molar-refractivity contribution >= 4 is 11.6 Å². The molecule has 1 aromatic rings. The second-order valence-corrected chi connectivity index (χ2v) is 6.00. The van der Waals surface area contributed by atoms with Crippen LogP contribution in [0, 0.1) is 12.7 Å². The fourth-order valence-electron chi connectivity index (χ4n) is 2.77. The Balaban J connectivity index is 2.00. The van der Waals surface area contributed by atoms with E-state index in [-0.39, 0.29) is 30.0 Å². The van der Waals surface area contributed by atoms with Gasteiger partial charge >= 0.3 is 0 Å². The summed E-state index contributed by atoms with van der Waals surface area (Å²) in [5.41, 5.74) is 1.08. The highest BCUT2D eigenvalue weighted by molar-refractivity contribution is 5.93. The largest absolute Gasteiger partial charge is 0.364 e. The monoisotopic (exact) mass is 295 g/mol. The van der Waals surface area contributed by atoms with Gasteiger partial charge in [0.05, 0.1) is 0 Å². The Morgan fingerprint density at radius 3 is 2.57 bits per heavy atom. The van der Waals surface area contributed by atoms with E-state index >= 15 is 0 Å². The van der Waals surface area contributed by atoms with Crippen LogP contribution in [0.2, 0.25) is 0 Å². The van der Waals surface area contributed by atoms with E-state index in [1.807, 2.05) is 20.8 Å². The van der Waals surface area contributed by atoms with Crippen LogP contribution in [0.5, 0.6) is 0 Å². The fraction of sp³-hybridized carbons (Fsp3) is 0.562. The molecule has 1 saturated heterocycles. The van der Waals surface area contributed by atoms with Gasteiger partial charge < -0.3 is 15.0 Å². The van der Waals surface area contributed by atoms with Crippen molar-refractivity contribution in [2.24, 2.45) is 0 Å². The standard InChI is InChI=1S/C16H23FN2O2/c1-10-5-6-14(7-15(10)17)18-16(20)13(4)19-8-11(2)21-12(3)9-19/h5-7,11-13H,8-9H2,1-4H3,(H,18,20)/p+1/t11-,12+,13-/m1/s1. The Hall–Kier alpha value is -1.46. The Labute approximate surface area is 125 Å². The smallest absolute Gasteiger partial charge is 0.282 e. The summed E-state index contributed by atoms with van der Waals surface area (Å²) in [4.78, 5) is 13.5. The SMILES string of the molecule is Cc1ccc(NC(=O)[C@@H](C)[NH+]2C[C@@H](C)O[C@@H](C)C2)cc1F. The summed E-state index contributed by atoms with van der Waals surface area (Å²) in [6, 6.07) is 4.56. The van der Waals surface area contributed by atoms with Gasteiger partial charge in [0.2, 0.25) is 0 Å². The van der Waals surface area contributed by atoms with E-state index in [2.05, 4.69) is 5.32 Å². The van der Waals surface area contributed by atoms with Gasteiger partial charge in [0.1, 0.15) is 31.1 Å². The first-order valence-corrected chi connectivity index (χ1v) is 7.44. The number of quaternary nitrogens is 1. The number of aryl methyl sites for hydroxylation is 1. The summed E-state index contributed by atoms with van der Waals surface area (Å²) in [6.07, 6.45) is 0.298. The molecule has 5 heteroatoms. The topological polar surface area (TPSA) is 42.8 Å². The maximum Gasteiger partial charge on any atom is 0.282 e. The number of nitrogens with one attached hydrogen (secondary N) is 2. The number of hydrogen-bond acceptors (Lipinski definition) is 2. The van der Waals surface area contributed by atoms with Gasteiger partial charge in [-0.15, -0.1) is 0 Å². The molecule has 0 radical (unpaired) electrons. The van der Waals surface area contributed by atoms with E-state index in [4.69, 9.17) is 4.74 Å². The van der Waals surface area contributed by atoms with Gasteiger partial charge in [-0.25, -0.2) is 4.39 Å². The quantitative estimate of drug-likeness (QED) is 0.878. The number of halogens is 1. The minimum Gasteiger partial charge on any atom is -0.364 e. The van der Waals surface area contributed by atoms with Crippen LogP contribution in [0.15, 0.2) is 18.2 Å². The lowest BCUT2D eigenvalue weighted by molar-refractivity contribution is -0.928. The van der Waals surface area contributed by atoms with Crippen molar-refractivity contribution in [3.63, 3.8) is 0 Å². The third-order valence-electron chi connectivity index (χ3n) is 4.01. The van der Waals surface area contributed by atoms with Gasteiger partial charge in [-0.3, -0.25) is 4.79 Å². The lowest BCUT2D eigenvalue weighted by Gasteiger charge is -2.35. The van der Waals surface area contributed by atoms with Gasteiger partial charge in [-0.05, 0) is 45.4 Å². The highest BCUT2D eigenvalue weighted by atomic mass is 19.1. The number of amides is 1. The number of anilines is 1. The molecule has 0 aromatic heterocycles. The van der Waals surface area contributed by atoms with Crippen LogP contribution in [0.3, 0.4) is 0 Å². The van der Waals surface area contributed by atoms with Crippen LogP contribution in [-0.4, -0.2) is 37.2 Å². The molecule has 1 fully saturated rings. The maximum absolute atomic E-state index is 13.5. The number of morpholine rings is 1. The summed E-state index contributed by atoms with van der Waals surface area (Å²) in [5, 5.41) is 2.80. The van der Waals surface area contributed by atoms with Gasteiger partial charge in [0.25, 0.3) is 5.91 Å². The predicted octanol–water partition coefficient (Wildman–Crippen LogP) is 1.15. The summed E-state index contributed by atoms with van der Waals surface area (Å²) in [7, 11) is 0. The van der Waals surface area contributed by atoms with Crippen LogP contribution in [0.1, 0.15) is 26.3 Å². The van der Waals surface area contributed by atoms with Crippen LogP contribution in [0.25, 0.3) is 0 Å². The molecule has 4 nitrogen and oxygen atoms in total.